The molecule has 0 aromatic heterocycles. The Morgan fingerprint density at radius 3 is 2.52 bits per heavy atom. The van der Waals surface area contributed by atoms with Gasteiger partial charge in [0.15, 0.2) is 0 Å². The summed E-state index contributed by atoms with van der Waals surface area (Å²) < 4.78 is 0. The van der Waals surface area contributed by atoms with Crippen molar-refractivity contribution in [1.82, 2.24) is 5.32 Å². The summed E-state index contributed by atoms with van der Waals surface area (Å²) in [6.45, 7) is 5.80. The Bertz CT molecular complexity index is 432. The maximum atomic E-state index is 3.88. The molecule has 1 aromatic carbocycles. The molecule has 0 spiro atoms. The lowest BCUT2D eigenvalue weighted by Gasteiger charge is -2.27. The van der Waals surface area contributed by atoms with Crippen LogP contribution in [0, 0.1) is 24.7 Å². The zero-order valence-electron chi connectivity index (χ0n) is 13.8. The molecule has 21 heavy (non-hydrogen) atoms. The predicted octanol–water partition coefficient (Wildman–Crippen LogP) is 5.25. The van der Waals surface area contributed by atoms with E-state index in [1.165, 1.54) is 62.6 Å². The third-order valence-electron chi connectivity index (χ3n) is 5.49. The van der Waals surface area contributed by atoms with Crippen LogP contribution in [0.1, 0.15) is 69.0 Å². The van der Waals surface area contributed by atoms with Crippen LogP contribution in [-0.4, -0.2) is 6.54 Å². The van der Waals surface area contributed by atoms with Gasteiger partial charge in [0, 0.05) is 6.04 Å². The van der Waals surface area contributed by atoms with Crippen molar-refractivity contribution in [3.05, 3.63) is 35.4 Å². The zero-order valence-corrected chi connectivity index (χ0v) is 13.8. The van der Waals surface area contributed by atoms with Crippen LogP contribution >= 0.6 is 0 Å². The quantitative estimate of drug-likeness (QED) is 0.752. The highest BCUT2D eigenvalue weighted by molar-refractivity contribution is 5.25. The molecular weight excluding hydrogens is 254 g/mol. The lowest BCUT2D eigenvalue weighted by Crippen LogP contribution is -2.26. The fourth-order valence-electron chi connectivity index (χ4n) is 4.02. The summed E-state index contributed by atoms with van der Waals surface area (Å²) in [5, 5.41) is 3.88. The molecule has 0 amide bonds. The Morgan fingerprint density at radius 1 is 1.10 bits per heavy atom. The monoisotopic (exact) mass is 285 g/mol. The van der Waals surface area contributed by atoms with Gasteiger partial charge >= 0.3 is 0 Å². The summed E-state index contributed by atoms with van der Waals surface area (Å²) >= 11 is 0. The van der Waals surface area contributed by atoms with Gasteiger partial charge < -0.3 is 5.32 Å². The van der Waals surface area contributed by atoms with E-state index in [1.807, 2.05) is 0 Å². The summed E-state index contributed by atoms with van der Waals surface area (Å²) in [5.74, 6) is 2.82. The number of rotatable bonds is 6. The van der Waals surface area contributed by atoms with Crippen LogP contribution in [0.25, 0.3) is 0 Å². The molecule has 0 aliphatic heterocycles. The average molecular weight is 285 g/mol. The molecule has 2 aliphatic rings. The topological polar surface area (TPSA) is 12.0 Å². The minimum absolute atomic E-state index is 0.603. The standard InChI is InChI=1S/C20H31N/c1-15-6-8-18(9-7-15)20(19-10-11-19)21-13-12-17-5-3-4-16(2)14-17/h6-9,16-17,19-21H,3-5,10-14H2,1-2H3. The second kappa shape index (κ2) is 6.96. The SMILES string of the molecule is Cc1ccc(C(NCCC2CCCC(C)C2)C2CC2)cc1. The van der Waals surface area contributed by atoms with Gasteiger partial charge in [0.2, 0.25) is 0 Å². The van der Waals surface area contributed by atoms with Crippen molar-refractivity contribution < 1.29 is 0 Å². The number of aryl methyl sites for hydroxylation is 1. The van der Waals surface area contributed by atoms with Gasteiger partial charge in [-0.1, -0.05) is 56.0 Å². The van der Waals surface area contributed by atoms with Gasteiger partial charge in [-0.2, -0.15) is 0 Å². The molecule has 3 atom stereocenters. The lowest BCUT2D eigenvalue weighted by atomic mass is 9.81. The van der Waals surface area contributed by atoms with Crippen LogP contribution in [0.3, 0.4) is 0 Å². The van der Waals surface area contributed by atoms with Crippen molar-refractivity contribution in [3.8, 4) is 0 Å². The summed E-state index contributed by atoms with van der Waals surface area (Å²) in [4.78, 5) is 0. The molecule has 1 N–H and O–H groups in total. The molecule has 0 bridgehead atoms. The molecule has 0 heterocycles. The molecule has 3 rings (SSSR count). The largest absolute Gasteiger partial charge is 0.310 e. The molecule has 116 valence electrons. The molecule has 1 nitrogen and oxygen atoms in total. The third-order valence-corrected chi connectivity index (χ3v) is 5.49. The molecule has 1 heteroatoms. The van der Waals surface area contributed by atoms with Crippen molar-refractivity contribution in [2.75, 3.05) is 6.54 Å². The van der Waals surface area contributed by atoms with Crippen LogP contribution in [-0.2, 0) is 0 Å². The minimum Gasteiger partial charge on any atom is -0.310 e. The van der Waals surface area contributed by atoms with Crippen molar-refractivity contribution in [3.63, 3.8) is 0 Å². The Hall–Kier alpha value is -0.820. The Kier molecular flexibility index (Phi) is 5.00. The first-order valence-electron chi connectivity index (χ1n) is 9.02. The summed E-state index contributed by atoms with van der Waals surface area (Å²) in [7, 11) is 0. The van der Waals surface area contributed by atoms with E-state index in [9.17, 15) is 0 Å². The highest BCUT2D eigenvalue weighted by Crippen LogP contribution is 2.41. The number of hydrogen-bond acceptors (Lipinski definition) is 1. The van der Waals surface area contributed by atoms with E-state index in [0.717, 1.165) is 17.8 Å². The Labute approximate surface area is 130 Å². The molecule has 2 saturated carbocycles. The van der Waals surface area contributed by atoms with Crippen LogP contribution in [0.15, 0.2) is 24.3 Å². The third kappa shape index (κ3) is 4.32. The van der Waals surface area contributed by atoms with Crippen molar-refractivity contribution in [1.29, 1.82) is 0 Å². The summed E-state index contributed by atoms with van der Waals surface area (Å²) in [6.07, 6.45) is 10.0. The van der Waals surface area contributed by atoms with Crippen LogP contribution in [0.5, 0.6) is 0 Å². The van der Waals surface area contributed by atoms with Gasteiger partial charge in [-0.05, 0) is 62.5 Å². The molecule has 2 aliphatic carbocycles. The summed E-state index contributed by atoms with van der Waals surface area (Å²) in [6, 6.07) is 9.78. The van der Waals surface area contributed by atoms with Gasteiger partial charge in [-0.3, -0.25) is 0 Å². The highest BCUT2D eigenvalue weighted by Gasteiger charge is 2.32. The van der Waals surface area contributed by atoms with E-state index in [4.69, 9.17) is 0 Å². The molecule has 0 saturated heterocycles. The van der Waals surface area contributed by atoms with Gasteiger partial charge in [0.25, 0.3) is 0 Å². The predicted molar refractivity (Wildman–Crippen MR) is 90.4 cm³/mol. The highest BCUT2D eigenvalue weighted by atomic mass is 14.9. The maximum absolute atomic E-state index is 3.88. The van der Waals surface area contributed by atoms with Crippen LogP contribution in [0.2, 0.25) is 0 Å². The van der Waals surface area contributed by atoms with E-state index in [1.54, 1.807) is 0 Å². The van der Waals surface area contributed by atoms with Crippen LogP contribution < -0.4 is 5.32 Å². The van der Waals surface area contributed by atoms with Gasteiger partial charge in [-0.15, -0.1) is 0 Å². The number of benzene rings is 1. The van der Waals surface area contributed by atoms with E-state index >= 15 is 0 Å². The van der Waals surface area contributed by atoms with Crippen molar-refractivity contribution in [2.45, 2.75) is 64.8 Å². The first-order chi connectivity index (χ1) is 10.2. The first kappa shape index (κ1) is 15.1. The summed E-state index contributed by atoms with van der Waals surface area (Å²) in [5.41, 5.74) is 2.87. The van der Waals surface area contributed by atoms with Crippen LogP contribution in [0.4, 0.5) is 0 Å². The lowest BCUT2D eigenvalue weighted by molar-refractivity contribution is 0.263. The second-order valence-corrected chi connectivity index (χ2v) is 7.61. The number of hydrogen-bond donors (Lipinski definition) is 1. The van der Waals surface area contributed by atoms with Gasteiger partial charge in [-0.25, -0.2) is 0 Å². The Morgan fingerprint density at radius 2 is 1.86 bits per heavy atom. The van der Waals surface area contributed by atoms with E-state index in [-0.39, 0.29) is 0 Å². The Balaban J connectivity index is 1.50. The molecule has 2 fully saturated rings. The molecule has 3 unspecified atom stereocenters. The molecule has 0 radical (unpaired) electrons. The van der Waals surface area contributed by atoms with E-state index in [0.29, 0.717) is 6.04 Å². The van der Waals surface area contributed by atoms with Gasteiger partial charge in [0.05, 0.1) is 0 Å². The first-order valence-corrected chi connectivity index (χ1v) is 9.02. The van der Waals surface area contributed by atoms with E-state index in [2.05, 4.69) is 43.4 Å². The van der Waals surface area contributed by atoms with Crippen molar-refractivity contribution >= 4 is 0 Å². The van der Waals surface area contributed by atoms with E-state index < -0.39 is 0 Å². The molecular formula is C20H31N. The van der Waals surface area contributed by atoms with Crippen molar-refractivity contribution in [2.24, 2.45) is 17.8 Å². The van der Waals surface area contributed by atoms with Gasteiger partial charge in [0.1, 0.15) is 0 Å². The maximum Gasteiger partial charge on any atom is 0.0348 e. The minimum atomic E-state index is 0.603. The fourth-order valence-corrected chi connectivity index (χ4v) is 4.02. The second-order valence-electron chi connectivity index (χ2n) is 7.61. The smallest absolute Gasteiger partial charge is 0.0348 e. The average Bonchev–Trinajstić information content (AvgIpc) is 3.30. The fraction of sp³-hybridized carbons (Fsp3) is 0.700. The number of nitrogens with one attached hydrogen (secondary N) is 1. The zero-order chi connectivity index (χ0) is 14.7. The normalized spacial score (nSPS) is 27.5. The molecule has 1 aromatic rings.